The van der Waals surface area contributed by atoms with Gasteiger partial charge in [0.15, 0.2) is 0 Å². The highest BCUT2D eigenvalue weighted by Gasteiger charge is 2.42. The number of aliphatic hydroxyl groups is 1. The fourth-order valence-corrected chi connectivity index (χ4v) is 5.12. The standard InChI is InChI=1S/C26H33N5O3S/c1-6-28-13-21(27-5)23(16(2)3)26(34)31-14-20(32)11-22(31)25(33)29-12-18-7-9-19(10-8-18)24-17(4)30-15-35-24/h6-10,13,15-16,20,22-23,32H,1,11-12,14H2,2-5H3,(H,29,33)/t20-,22+,23-/m1/s1. The Morgan fingerprint density at radius 1 is 1.34 bits per heavy atom. The van der Waals surface area contributed by atoms with Gasteiger partial charge in [-0.1, -0.05) is 44.7 Å². The second-order valence-corrected chi connectivity index (χ2v) is 9.76. The number of nitrogens with one attached hydrogen (secondary N) is 1. The summed E-state index contributed by atoms with van der Waals surface area (Å²) in [6, 6.07) is 7.23. The molecule has 0 spiro atoms. The Hall–Kier alpha value is -3.17. The molecule has 1 aliphatic heterocycles. The zero-order valence-corrected chi connectivity index (χ0v) is 21.5. The Morgan fingerprint density at radius 3 is 2.63 bits per heavy atom. The third-order valence-electron chi connectivity index (χ3n) is 6.11. The highest BCUT2D eigenvalue weighted by molar-refractivity contribution is 7.13. The highest BCUT2D eigenvalue weighted by atomic mass is 32.1. The van der Waals surface area contributed by atoms with Gasteiger partial charge in [0, 0.05) is 39.0 Å². The molecule has 2 heterocycles. The number of benzene rings is 1. The van der Waals surface area contributed by atoms with E-state index in [1.54, 1.807) is 18.4 Å². The predicted molar refractivity (Wildman–Crippen MR) is 141 cm³/mol. The van der Waals surface area contributed by atoms with E-state index in [9.17, 15) is 14.7 Å². The maximum absolute atomic E-state index is 13.5. The first-order chi connectivity index (χ1) is 16.8. The Balaban J connectivity index is 1.70. The Bertz CT molecular complexity index is 1110. The molecule has 8 nitrogen and oxygen atoms in total. The zero-order valence-electron chi connectivity index (χ0n) is 20.6. The van der Waals surface area contributed by atoms with Crippen LogP contribution in [0.2, 0.25) is 0 Å². The van der Waals surface area contributed by atoms with Crippen molar-refractivity contribution in [1.82, 2.24) is 15.2 Å². The summed E-state index contributed by atoms with van der Waals surface area (Å²) < 4.78 is 0. The molecule has 3 atom stereocenters. The number of aromatic nitrogens is 1. The number of thiazole rings is 1. The SMILES string of the molecule is C=CN=CC(=NC)[C@H](C(=O)N1C[C@H](O)C[C@H]1C(=O)NCc1ccc(-c2scnc2C)cc1)C(C)C. The van der Waals surface area contributed by atoms with Gasteiger partial charge in [0.05, 0.1) is 33.8 Å². The normalized spacial score (nSPS) is 19.4. The van der Waals surface area contributed by atoms with Crippen molar-refractivity contribution in [3.63, 3.8) is 0 Å². The number of nitrogens with zero attached hydrogens (tertiary/aromatic N) is 4. The summed E-state index contributed by atoms with van der Waals surface area (Å²) in [5.74, 6) is -1.17. The van der Waals surface area contributed by atoms with E-state index in [0.29, 0.717) is 12.3 Å². The quantitative estimate of drug-likeness (QED) is 0.521. The van der Waals surface area contributed by atoms with Gasteiger partial charge in [-0.15, -0.1) is 11.3 Å². The first-order valence-electron chi connectivity index (χ1n) is 11.6. The second-order valence-electron chi connectivity index (χ2n) is 8.91. The smallest absolute Gasteiger partial charge is 0.243 e. The number of hydrogen-bond donors (Lipinski definition) is 2. The van der Waals surface area contributed by atoms with E-state index in [1.807, 2.05) is 50.5 Å². The molecule has 0 saturated carbocycles. The molecular weight excluding hydrogens is 462 g/mol. The van der Waals surface area contributed by atoms with Gasteiger partial charge in [-0.2, -0.15) is 0 Å². The second kappa shape index (κ2) is 12.0. The molecule has 3 rings (SSSR count). The number of likely N-dealkylation sites (tertiary alicyclic amines) is 1. The molecule has 1 aliphatic rings. The number of amides is 2. The molecule has 2 aromatic rings. The first kappa shape index (κ1) is 26.4. The van der Waals surface area contributed by atoms with Gasteiger partial charge in [-0.3, -0.25) is 19.6 Å². The van der Waals surface area contributed by atoms with Crippen LogP contribution in [0.5, 0.6) is 0 Å². The first-order valence-corrected chi connectivity index (χ1v) is 12.5. The minimum absolute atomic E-state index is 0.0698. The molecule has 186 valence electrons. The van der Waals surface area contributed by atoms with Gasteiger partial charge >= 0.3 is 0 Å². The average molecular weight is 496 g/mol. The van der Waals surface area contributed by atoms with Crippen LogP contribution < -0.4 is 5.32 Å². The molecule has 9 heteroatoms. The van der Waals surface area contributed by atoms with Gasteiger partial charge < -0.3 is 15.3 Å². The van der Waals surface area contributed by atoms with Crippen molar-refractivity contribution in [3.8, 4) is 10.4 Å². The van der Waals surface area contributed by atoms with Crippen molar-refractivity contribution in [2.45, 2.75) is 45.9 Å². The van der Waals surface area contributed by atoms with Crippen LogP contribution in [0.4, 0.5) is 0 Å². The topological polar surface area (TPSA) is 107 Å². The van der Waals surface area contributed by atoms with Crippen LogP contribution in [0.1, 0.15) is 31.5 Å². The number of rotatable bonds is 9. The Kier molecular flexibility index (Phi) is 9.06. The summed E-state index contributed by atoms with van der Waals surface area (Å²) in [7, 11) is 1.61. The fourth-order valence-electron chi connectivity index (χ4n) is 4.30. The van der Waals surface area contributed by atoms with Crippen LogP contribution in [-0.2, 0) is 16.1 Å². The zero-order chi connectivity index (χ0) is 25.5. The van der Waals surface area contributed by atoms with Gasteiger partial charge in [0.1, 0.15) is 6.04 Å². The van der Waals surface area contributed by atoms with Crippen molar-refractivity contribution < 1.29 is 14.7 Å². The Labute approximate surface area is 210 Å². The molecule has 1 saturated heterocycles. The number of carbonyl (C=O) groups is 2. The van der Waals surface area contributed by atoms with E-state index in [-0.39, 0.29) is 30.7 Å². The van der Waals surface area contributed by atoms with Crippen LogP contribution in [0, 0.1) is 18.8 Å². The number of aryl methyl sites for hydroxylation is 1. The summed E-state index contributed by atoms with van der Waals surface area (Å²) in [6.07, 6.45) is 2.35. The monoisotopic (exact) mass is 495 g/mol. The van der Waals surface area contributed by atoms with Crippen molar-refractivity contribution in [2.24, 2.45) is 21.8 Å². The summed E-state index contributed by atoms with van der Waals surface area (Å²) in [5, 5.41) is 13.2. The fraction of sp³-hybridized carbons (Fsp3) is 0.423. The minimum Gasteiger partial charge on any atom is -0.391 e. The maximum atomic E-state index is 13.5. The number of aliphatic imine (C=N–C) groups is 2. The van der Waals surface area contributed by atoms with Crippen LogP contribution in [-0.4, -0.2) is 64.5 Å². The van der Waals surface area contributed by atoms with E-state index in [2.05, 4.69) is 26.9 Å². The molecule has 0 radical (unpaired) electrons. The van der Waals surface area contributed by atoms with Crippen molar-refractivity contribution >= 4 is 35.1 Å². The molecule has 1 fully saturated rings. The van der Waals surface area contributed by atoms with Crippen molar-refractivity contribution in [2.75, 3.05) is 13.6 Å². The highest BCUT2D eigenvalue weighted by Crippen LogP contribution is 2.27. The lowest BCUT2D eigenvalue weighted by Gasteiger charge is -2.29. The van der Waals surface area contributed by atoms with E-state index >= 15 is 0 Å². The number of β-amino-alcohol motifs (C(OH)–C–C–N with tert-alkyl or cyclic N) is 1. The van der Waals surface area contributed by atoms with Gasteiger partial charge in [-0.25, -0.2) is 4.98 Å². The van der Waals surface area contributed by atoms with E-state index in [1.165, 1.54) is 17.3 Å². The lowest BCUT2D eigenvalue weighted by Crippen LogP contribution is -2.50. The third kappa shape index (κ3) is 6.29. The van der Waals surface area contributed by atoms with Crippen LogP contribution in [0.15, 0.2) is 52.5 Å². The average Bonchev–Trinajstić information content (AvgIpc) is 3.45. The van der Waals surface area contributed by atoms with Gasteiger partial charge in [0.25, 0.3) is 0 Å². The lowest BCUT2D eigenvalue weighted by molar-refractivity contribution is -0.140. The van der Waals surface area contributed by atoms with Crippen molar-refractivity contribution in [1.29, 1.82) is 0 Å². The molecule has 0 unspecified atom stereocenters. The number of aliphatic hydroxyl groups excluding tert-OH is 1. The molecular formula is C26H33N5O3S. The summed E-state index contributed by atoms with van der Waals surface area (Å²) in [4.78, 5) is 41.8. The molecule has 0 bridgehead atoms. The summed E-state index contributed by atoms with van der Waals surface area (Å²) in [5.41, 5.74) is 5.37. The maximum Gasteiger partial charge on any atom is 0.243 e. The van der Waals surface area contributed by atoms with Gasteiger partial charge in [0.2, 0.25) is 11.8 Å². The molecule has 1 aromatic heterocycles. The minimum atomic E-state index is -0.756. The van der Waals surface area contributed by atoms with Crippen LogP contribution in [0.25, 0.3) is 10.4 Å². The van der Waals surface area contributed by atoms with E-state index < -0.39 is 18.1 Å². The number of hydrogen-bond acceptors (Lipinski definition) is 7. The molecule has 1 aromatic carbocycles. The van der Waals surface area contributed by atoms with Gasteiger partial charge in [-0.05, 0) is 24.0 Å². The van der Waals surface area contributed by atoms with Crippen molar-refractivity contribution in [3.05, 3.63) is 53.8 Å². The third-order valence-corrected chi connectivity index (χ3v) is 7.09. The predicted octanol–water partition coefficient (Wildman–Crippen LogP) is 3.25. The molecule has 2 amide bonds. The summed E-state index contributed by atoms with van der Waals surface area (Å²) >= 11 is 1.60. The van der Waals surface area contributed by atoms with Crippen LogP contribution in [0.3, 0.4) is 0 Å². The van der Waals surface area contributed by atoms with E-state index in [0.717, 1.165) is 21.7 Å². The lowest BCUT2D eigenvalue weighted by atomic mass is 9.89. The van der Waals surface area contributed by atoms with Crippen LogP contribution >= 0.6 is 11.3 Å². The summed E-state index contributed by atoms with van der Waals surface area (Å²) in [6.45, 7) is 9.84. The Morgan fingerprint density at radius 2 is 2.06 bits per heavy atom. The largest absolute Gasteiger partial charge is 0.391 e. The molecule has 0 aliphatic carbocycles. The molecule has 35 heavy (non-hydrogen) atoms. The van der Waals surface area contributed by atoms with E-state index in [4.69, 9.17) is 0 Å². The molecule has 2 N–H and O–H groups in total. The number of carbonyl (C=O) groups excluding carboxylic acids is 2.